The van der Waals surface area contributed by atoms with Gasteiger partial charge in [0.1, 0.15) is 0 Å². The first kappa shape index (κ1) is 19.6. The highest BCUT2D eigenvalue weighted by Gasteiger charge is 2.38. The van der Waals surface area contributed by atoms with Gasteiger partial charge in [-0.1, -0.05) is 24.3 Å². The van der Waals surface area contributed by atoms with E-state index < -0.39 is 0 Å². The van der Waals surface area contributed by atoms with Crippen LogP contribution in [-0.4, -0.2) is 29.8 Å². The van der Waals surface area contributed by atoms with Crippen molar-refractivity contribution in [2.75, 3.05) is 13.1 Å². The van der Waals surface area contributed by atoms with Crippen LogP contribution in [0.3, 0.4) is 0 Å². The van der Waals surface area contributed by atoms with E-state index in [9.17, 15) is 9.59 Å². The molecule has 6 atom stereocenters. The van der Waals surface area contributed by atoms with Gasteiger partial charge in [-0.05, 0) is 94.4 Å². The van der Waals surface area contributed by atoms with Gasteiger partial charge < -0.3 is 5.73 Å². The normalized spacial score (nSPS) is 37.5. The molecule has 4 unspecified atom stereocenters. The molecule has 5 aliphatic rings. The lowest BCUT2D eigenvalue weighted by molar-refractivity contribution is -0.137. The first-order valence-electron chi connectivity index (χ1n) is 11.1. The number of allylic oxidation sites excluding steroid dienone is 4. The molecule has 4 aliphatic carbocycles. The van der Waals surface area contributed by atoms with Crippen LogP contribution in [0.25, 0.3) is 0 Å². The third kappa shape index (κ3) is 3.63. The predicted octanol–water partition coefficient (Wildman–Crippen LogP) is 3.84. The van der Waals surface area contributed by atoms with Crippen LogP contribution in [-0.2, 0) is 9.59 Å². The summed E-state index contributed by atoms with van der Waals surface area (Å²) in [6.45, 7) is 4.96. The Labute approximate surface area is 168 Å². The Bertz CT molecular complexity index is 711. The summed E-state index contributed by atoms with van der Waals surface area (Å²) in [7, 11) is 0. The number of rotatable bonds is 5. The van der Waals surface area contributed by atoms with Gasteiger partial charge in [-0.2, -0.15) is 0 Å². The molecule has 0 radical (unpaired) electrons. The molecule has 5 rings (SSSR count). The molecule has 28 heavy (non-hydrogen) atoms. The molecule has 2 N–H and O–H groups in total. The van der Waals surface area contributed by atoms with Gasteiger partial charge in [0.25, 0.3) is 11.8 Å². The molecule has 0 aromatic rings. The number of nitrogens with two attached hydrogens (primary N) is 1. The molecular weight excluding hydrogens is 348 g/mol. The van der Waals surface area contributed by atoms with Crippen molar-refractivity contribution < 1.29 is 9.59 Å². The largest absolute Gasteiger partial charge is 0.330 e. The minimum absolute atomic E-state index is 0.0869. The molecule has 152 valence electrons. The smallest absolute Gasteiger partial charge is 0.256 e. The van der Waals surface area contributed by atoms with E-state index in [0.717, 1.165) is 36.6 Å². The fourth-order valence-electron chi connectivity index (χ4n) is 5.98. The van der Waals surface area contributed by atoms with E-state index in [-0.39, 0.29) is 11.8 Å². The molecule has 0 aromatic carbocycles. The van der Waals surface area contributed by atoms with Crippen LogP contribution in [0.15, 0.2) is 35.5 Å². The second-order valence-corrected chi connectivity index (χ2v) is 9.46. The van der Waals surface area contributed by atoms with Gasteiger partial charge in [-0.15, -0.1) is 0 Å². The van der Waals surface area contributed by atoms with E-state index in [1.807, 2.05) is 0 Å². The summed E-state index contributed by atoms with van der Waals surface area (Å²) in [4.78, 5) is 25.3. The fourth-order valence-corrected chi connectivity index (χ4v) is 5.98. The number of carbonyl (C=O) groups excluding carboxylic acids is 2. The molecule has 2 fully saturated rings. The maximum atomic E-state index is 11.9. The highest BCUT2D eigenvalue weighted by atomic mass is 16.2. The van der Waals surface area contributed by atoms with E-state index in [2.05, 4.69) is 24.3 Å². The zero-order valence-corrected chi connectivity index (χ0v) is 17.3. The van der Waals surface area contributed by atoms with E-state index in [4.69, 9.17) is 5.73 Å². The Morgan fingerprint density at radius 2 is 1.32 bits per heavy atom. The third-order valence-corrected chi connectivity index (χ3v) is 7.79. The van der Waals surface area contributed by atoms with Gasteiger partial charge in [0.2, 0.25) is 0 Å². The summed E-state index contributed by atoms with van der Waals surface area (Å²) in [5.74, 6) is 4.69. The van der Waals surface area contributed by atoms with Crippen molar-refractivity contribution in [1.29, 1.82) is 0 Å². The number of nitrogens with zero attached hydrogens (tertiary/aromatic N) is 1. The van der Waals surface area contributed by atoms with E-state index in [1.54, 1.807) is 13.8 Å². The highest BCUT2D eigenvalue weighted by Crippen LogP contribution is 2.45. The van der Waals surface area contributed by atoms with Crippen molar-refractivity contribution in [1.82, 2.24) is 4.90 Å². The summed E-state index contributed by atoms with van der Waals surface area (Å²) in [6, 6.07) is 0. The highest BCUT2D eigenvalue weighted by molar-refractivity contribution is 6.18. The molecule has 4 nitrogen and oxygen atoms in total. The van der Waals surface area contributed by atoms with Crippen molar-refractivity contribution in [3.05, 3.63) is 35.5 Å². The summed E-state index contributed by atoms with van der Waals surface area (Å²) >= 11 is 0. The Balaban J connectivity index is 0.000000162. The van der Waals surface area contributed by atoms with Crippen molar-refractivity contribution in [3.63, 3.8) is 0 Å². The van der Waals surface area contributed by atoms with E-state index in [0.29, 0.717) is 29.5 Å². The van der Waals surface area contributed by atoms with E-state index >= 15 is 0 Å². The number of hydrogen-bond acceptors (Lipinski definition) is 3. The van der Waals surface area contributed by atoms with Gasteiger partial charge >= 0.3 is 0 Å². The molecule has 0 spiro atoms. The van der Waals surface area contributed by atoms with Crippen molar-refractivity contribution in [2.45, 2.75) is 52.4 Å². The zero-order chi connectivity index (χ0) is 19.8. The Hall–Kier alpha value is -1.68. The third-order valence-electron chi connectivity index (χ3n) is 7.79. The van der Waals surface area contributed by atoms with Crippen molar-refractivity contribution in [2.24, 2.45) is 41.2 Å². The van der Waals surface area contributed by atoms with Crippen LogP contribution in [0.5, 0.6) is 0 Å². The fraction of sp³-hybridized carbons (Fsp3) is 0.667. The van der Waals surface area contributed by atoms with Crippen LogP contribution in [0.2, 0.25) is 0 Å². The monoisotopic (exact) mass is 382 g/mol. The maximum Gasteiger partial charge on any atom is 0.256 e. The first-order valence-corrected chi connectivity index (χ1v) is 11.1. The van der Waals surface area contributed by atoms with Crippen LogP contribution in [0.1, 0.15) is 52.4 Å². The SMILES string of the molecule is CC1=C(C)C(=O)N(CC[C@H]2CC3C=CC2C3)C1=O.NCC[C@H]1CC2C=CC1C2. The molecule has 1 aliphatic heterocycles. The molecule has 2 saturated carbocycles. The molecular formula is C24H34N2O2. The van der Waals surface area contributed by atoms with Crippen molar-refractivity contribution in [3.8, 4) is 0 Å². The standard InChI is InChI=1S/C15H19NO2.C9H15N/c1-9-10(2)15(18)16(14(9)17)6-5-13-8-11-3-4-12(13)7-11;10-4-3-9-6-7-1-2-8(9)5-7/h3-4,11-13H,5-8H2,1-2H3;1-2,7-9H,3-6,10H2/t11?,12?,13-;7?,8?,9-/m00/s1. The average Bonchev–Trinajstić information content (AvgIpc) is 3.50. The zero-order valence-electron chi connectivity index (χ0n) is 17.3. The molecule has 1 heterocycles. The van der Waals surface area contributed by atoms with Gasteiger partial charge in [-0.3, -0.25) is 14.5 Å². The molecule has 4 heteroatoms. The molecule has 4 bridgehead atoms. The van der Waals surface area contributed by atoms with Crippen LogP contribution >= 0.6 is 0 Å². The predicted molar refractivity (Wildman–Crippen MR) is 111 cm³/mol. The van der Waals surface area contributed by atoms with Crippen molar-refractivity contribution >= 4 is 11.8 Å². The maximum absolute atomic E-state index is 11.9. The summed E-state index contributed by atoms with van der Waals surface area (Å²) in [6.07, 6.45) is 17.0. The topological polar surface area (TPSA) is 63.4 Å². The minimum atomic E-state index is -0.0869. The Kier molecular flexibility index (Phi) is 5.59. The van der Waals surface area contributed by atoms with E-state index in [1.165, 1.54) is 37.0 Å². The second kappa shape index (κ2) is 7.98. The minimum Gasteiger partial charge on any atom is -0.330 e. The van der Waals surface area contributed by atoms with Gasteiger partial charge in [0.05, 0.1) is 0 Å². The van der Waals surface area contributed by atoms with Gasteiger partial charge in [-0.25, -0.2) is 0 Å². The summed E-state index contributed by atoms with van der Waals surface area (Å²) < 4.78 is 0. The number of carbonyl (C=O) groups is 2. The molecule has 0 saturated heterocycles. The van der Waals surface area contributed by atoms with Crippen LogP contribution in [0, 0.1) is 35.5 Å². The molecule has 0 aromatic heterocycles. The van der Waals surface area contributed by atoms with Crippen LogP contribution in [0.4, 0.5) is 0 Å². The van der Waals surface area contributed by atoms with Gasteiger partial charge in [0, 0.05) is 17.7 Å². The number of amides is 2. The average molecular weight is 383 g/mol. The number of imide groups is 1. The Morgan fingerprint density at radius 1 is 0.821 bits per heavy atom. The summed E-state index contributed by atoms with van der Waals surface area (Å²) in [5, 5.41) is 0. The second-order valence-electron chi connectivity index (χ2n) is 9.46. The van der Waals surface area contributed by atoms with Crippen LogP contribution < -0.4 is 5.73 Å². The number of fused-ring (bicyclic) bond motifs is 4. The van der Waals surface area contributed by atoms with Gasteiger partial charge in [0.15, 0.2) is 0 Å². The molecule has 2 amide bonds. The lowest BCUT2D eigenvalue weighted by Gasteiger charge is -2.21. The lowest BCUT2D eigenvalue weighted by Crippen LogP contribution is -2.33. The first-order chi connectivity index (χ1) is 13.5. The quantitative estimate of drug-likeness (QED) is 0.580. The number of hydrogen-bond donors (Lipinski definition) is 1. The summed E-state index contributed by atoms with van der Waals surface area (Å²) in [5.41, 5.74) is 6.75. The Morgan fingerprint density at radius 3 is 1.71 bits per heavy atom. The lowest BCUT2D eigenvalue weighted by atomic mass is 9.90.